The van der Waals surface area contributed by atoms with Crippen LogP contribution in [0.25, 0.3) is 17.1 Å². The fourth-order valence-electron chi connectivity index (χ4n) is 2.33. The zero-order valence-corrected chi connectivity index (χ0v) is 15.5. The molecule has 0 fully saturated rings. The second kappa shape index (κ2) is 7.42. The third-order valence-electron chi connectivity index (χ3n) is 3.44. The number of benzene rings is 1. The minimum atomic E-state index is -3.20. The monoisotopic (exact) mass is 378 g/mol. The number of para-hydroxylation sites is 1. The van der Waals surface area contributed by atoms with Crippen LogP contribution in [0, 0.1) is 6.92 Å². The van der Waals surface area contributed by atoms with Crippen LogP contribution in [0.1, 0.15) is 5.76 Å². The molecule has 0 saturated heterocycles. The summed E-state index contributed by atoms with van der Waals surface area (Å²) in [5.41, 5.74) is 1.80. The van der Waals surface area contributed by atoms with Gasteiger partial charge in [0, 0.05) is 18.0 Å². The molecule has 2 heterocycles. The van der Waals surface area contributed by atoms with Crippen molar-refractivity contribution in [2.75, 3.05) is 18.6 Å². The molecule has 0 aliphatic carbocycles. The van der Waals surface area contributed by atoms with Gasteiger partial charge in [-0.3, -0.25) is 4.57 Å². The van der Waals surface area contributed by atoms with Crippen LogP contribution < -0.4 is 4.72 Å². The minimum absolute atomic E-state index is 0.325. The molecule has 0 radical (unpaired) electrons. The lowest BCUT2D eigenvalue weighted by Crippen LogP contribution is -2.24. The third kappa shape index (κ3) is 4.30. The molecule has 0 aliphatic heterocycles. The summed E-state index contributed by atoms with van der Waals surface area (Å²) in [6.45, 7) is 2.20. The molecule has 1 N–H and O–H groups in total. The van der Waals surface area contributed by atoms with Gasteiger partial charge in [-0.25, -0.2) is 13.1 Å². The molecule has 0 spiro atoms. The lowest BCUT2D eigenvalue weighted by Gasteiger charge is -2.10. The lowest BCUT2D eigenvalue weighted by molar-refractivity contribution is 0.535. The lowest BCUT2D eigenvalue weighted by atomic mass is 10.2. The molecule has 0 atom stereocenters. The number of sulfonamides is 1. The second-order valence-corrected chi connectivity index (χ2v) is 8.28. The zero-order chi connectivity index (χ0) is 17.9. The van der Waals surface area contributed by atoms with Crippen molar-refractivity contribution in [2.24, 2.45) is 0 Å². The topological polar surface area (TPSA) is 90.0 Å². The van der Waals surface area contributed by atoms with E-state index < -0.39 is 10.0 Å². The summed E-state index contributed by atoms with van der Waals surface area (Å²) in [4.78, 5) is 0. The maximum Gasteiger partial charge on any atom is 0.208 e. The number of thioether (sulfide) groups is 1. The standard InChI is InChI=1S/C16H18N4O3S2/c1-12-14(8-10-23-12)15-18-19-16(24-11-9-17-25(2,21)22)20(15)13-6-4-3-5-7-13/h3-8,10,17H,9,11H2,1-2H3. The predicted molar refractivity (Wildman–Crippen MR) is 97.4 cm³/mol. The molecular weight excluding hydrogens is 360 g/mol. The first kappa shape index (κ1) is 17.7. The van der Waals surface area contributed by atoms with E-state index in [1.807, 2.05) is 47.9 Å². The van der Waals surface area contributed by atoms with Gasteiger partial charge in [0.2, 0.25) is 10.0 Å². The van der Waals surface area contributed by atoms with Gasteiger partial charge in [-0.2, -0.15) is 0 Å². The number of nitrogens with zero attached hydrogens (tertiary/aromatic N) is 3. The Hall–Kier alpha value is -2.10. The molecule has 0 unspecified atom stereocenters. The second-order valence-electron chi connectivity index (χ2n) is 5.38. The van der Waals surface area contributed by atoms with Gasteiger partial charge in [0.25, 0.3) is 0 Å². The highest BCUT2D eigenvalue weighted by Gasteiger charge is 2.18. The Labute approximate surface area is 150 Å². The maximum atomic E-state index is 11.2. The Morgan fingerprint density at radius 1 is 1.20 bits per heavy atom. The van der Waals surface area contributed by atoms with Crippen molar-refractivity contribution >= 4 is 21.8 Å². The first-order chi connectivity index (χ1) is 12.0. The number of aromatic nitrogens is 3. The zero-order valence-electron chi connectivity index (χ0n) is 13.8. The highest BCUT2D eigenvalue weighted by Crippen LogP contribution is 2.29. The molecule has 3 rings (SSSR count). The molecule has 3 aromatic rings. The van der Waals surface area contributed by atoms with Crippen LogP contribution in [0.15, 0.2) is 52.2 Å². The SMILES string of the molecule is Cc1occc1-c1nnc(SCCNS(C)(=O)=O)n1-c1ccccc1. The van der Waals surface area contributed by atoms with Crippen molar-refractivity contribution in [1.82, 2.24) is 19.5 Å². The fraction of sp³-hybridized carbons (Fsp3) is 0.250. The number of rotatable bonds is 7. The van der Waals surface area contributed by atoms with E-state index in [0.717, 1.165) is 23.3 Å². The van der Waals surface area contributed by atoms with Crippen LogP contribution in [0.4, 0.5) is 0 Å². The van der Waals surface area contributed by atoms with E-state index in [2.05, 4.69) is 14.9 Å². The van der Waals surface area contributed by atoms with Crippen LogP contribution in [0.3, 0.4) is 0 Å². The summed E-state index contributed by atoms with van der Waals surface area (Å²) >= 11 is 1.44. The summed E-state index contributed by atoms with van der Waals surface area (Å²) in [6.07, 6.45) is 2.77. The van der Waals surface area contributed by atoms with E-state index in [-0.39, 0.29) is 0 Å². The molecule has 0 amide bonds. The summed E-state index contributed by atoms with van der Waals surface area (Å²) in [7, 11) is -3.20. The van der Waals surface area contributed by atoms with Gasteiger partial charge in [0.05, 0.1) is 18.1 Å². The van der Waals surface area contributed by atoms with Crippen LogP contribution in [0.2, 0.25) is 0 Å². The van der Waals surface area contributed by atoms with E-state index in [4.69, 9.17) is 4.42 Å². The third-order valence-corrected chi connectivity index (χ3v) is 5.10. The van der Waals surface area contributed by atoms with Crippen molar-refractivity contribution < 1.29 is 12.8 Å². The van der Waals surface area contributed by atoms with Crippen molar-refractivity contribution in [3.63, 3.8) is 0 Å². The number of hydrogen-bond acceptors (Lipinski definition) is 6. The normalized spacial score (nSPS) is 11.8. The van der Waals surface area contributed by atoms with E-state index in [1.165, 1.54) is 11.8 Å². The Balaban J connectivity index is 1.91. The Kier molecular flexibility index (Phi) is 5.26. The van der Waals surface area contributed by atoms with Crippen molar-refractivity contribution in [2.45, 2.75) is 12.1 Å². The molecule has 0 saturated carbocycles. The number of aryl methyl sites for hydroxylation is 1. The van der Waals surface area contributed by atoms with Gasteiger partial charge in [0.15, 0.2) is 11.0 Å². The van der Waals surface area contributed by atoms with Crippen molar-refractivity contribution in [3.05, 3.63) is 48.4 Å². The van der Waals surface area contributed by atoms with E-state index >= 15 is 0 Å². The van der Waals surface area contributed by atoms with Gasteiger partial charge >= 0.3 is 0 Å². The summed E-state index contributed by atoms with van der Waals surface area (Å²) in [6, 6.07) is 11.6. The van der Waals surface area contributed by atoms with Gasteiger partial charge in [-0.05, 0) is 25.1 Å². The molecule has 9 heteroatoms. The molecule has 2 aromatic heterocycles. The van der Waals surface area contributed by atoms with Gasteiger partial charge in [-0.1, -0.05) is 30.0 Å². The predicted octanol–water partition coefficient (Wildman–Crippen LogP) is 2.48. The molecule has 0 bridgehead atoms. The quantitative estimate of drug-likeness (QED) is 0.502. The Morgan fingerprint density at radius 2 is 1.96 bits per heavy atom. The largest absolute Gasteiger partial charge is 0.469 e. The molecular formula is C16H18N4O3S2. The molecule has 7 nitrogen and oxygen atoms in total. The van der Waals surface area contributed by atoms with Crippen molar-refractivity contribution in [1.29, 1.82) is 0 Å². The van der Waals surface area contributed by atoms with Gasteiger partial charge in [-0.15, -0.1) is 10.2 Å². The fourth-order valence-corrected chi connectivity index (χ4v) is 3.74. The van der Waals surface area contributed by atoms with Crippen LogP contribution in [-0.4, -0.2) is 41.7 Å². The minimum Gasteiger partial charge on any atom is -0.469 e. The van der Waals surface area contributed by atoms with Gasteiger partial charge in [0.1, 0.15) is 5.76 Å². The average Bonchev–Trinajstić information content (AvgIpc) is 3.17. The summed E-state index contributed by atoms with van der Waals surface area (Å²) in [5, 5.41) is 9.29. The van der Waals surface area contributed by atoms with E-state index in [0.29, 0.717) is 23.3 Å². The Bertz CT molecular complexity index is 949. The highest BCUT2D eigenvalue weighted by atomic mass is 32.2. The summed E-state index contributed by atoms with van der Waals surface area (Å²) in [5.74, 6) is 2.00. The first-order valence-corrected chi connectivity index (χ1v) is 10.5. The molecule has 1 aromatic carbocycles. The molecule has 25 heavy (non-hydrogen) atoms. The average molecular weight is 378 g/mol. The molecule has 132 valence electrons. The number of nitrogens with one attached hydrogen (secondary N) is 1. The van der Waals surface area contributed by atoms with E-state index in [9.17, 15) is 8.42 Å². The first-order valence-electron chi connectivity index (χ1n) is 7.58. The smallest absolute Gasteiger partial charge is 0.208 e. The number of furan rings is 1. The van der Waals surface area contributed by atoms with E-state index in [1.54, 1.807) is 6.26 Å². The summed E-state index contributed by atoms with van der Waals surface area (Å²) < 4.78 is 32.1. The van der Waals surface area contributed by atoms with Crippen LogP contribution in [0.5, 0.6) is 0 Å². The van der Waals surface area contributed by atoms with Crippen molar-refractivity contribution in [3.8, 4) is 17.1 Å². The number of hydrogen-bond donors (Lipinski definition) is 1. The maximum absolute atomic E-state index is 11.2. The van der Waals surface area contributed by atoms with Gasteiger partial charge < -0.3 is 4.42 Å². The highest BCUT2D eigenvalue weighted by molar-refractivity contribution is 7.99. The van der Waals surface area contributed by atoms with Crippen LogP contribution >= 0.6 is 11.8 Å². The Morgan fingerprint density at radius 3 is 2.60 bits per heavy atom. The van der Waals surface area contributed by atoms with Crippen LogP contribution in [-0.2, 0) is 10.0 Å². The molecule has 0 aliphatic rings.